The van der Waals surface area contributed by atoms with Gasteiger partial charge >= 0.3 is 0 Å². The smallest absolute Gasteiger partial charge is 0.161 e. The van der Waals surface area contributed by atoms with Crippen molar-refractivity contribution in [3.63, 3.8) is 0 Å². The minimum Gasteiger partial charge on any atom is -0.493 e. The van der Waals surface area contributed by atoms with E-state index in [1.165, 1.54) is 17.7 Å². The summed E-state index contributed by atoms with van der Waals surface area (Å²) in [6.45, 7) is 3.22. The van der Waals surface area contributed by atoms with Gasteiger partial charge in [0.1, 0.15) is 23.8 Å². The van der Waals surface area contributed by atoms with E-state index in [1.54, 1.807) is 30.5 Å². The van der Waals surface area contributed by atoms with Crippen molar-refractivity contribution in [3.8, 4) is 22.1 Å². The van der Waals surface area contributed by atoms with E-state index in [2.05, 4.69) is 29.6 Å². The molecule has 26 heavy (non-hydrogen) atoms. The van der Waals surface area contributed by atoms with Crippen LogP contribution in [0.2, 0.25) is 0 Å². The molecule has 3 aromatic rings. The summed E-state index contributed by atoms with van der Waals surface area (Å²) in [6.07, 6.45) is 1.15. The Morgan fingerprint density at radius 3 is 2.65 bits per heavy atom. The summed E-state index contributed by atoms with van der Waals surface area (Å²) in [5, 5.41) is 3.21. The summed E-state index contributed by atoms with van der Waals surface area (Å²) < 4.78 is 10.7. The van der Waals surface area contributed by atoms with Crippen LogP contribution in [-0.4, -0.2) is 25.7 Å². The van der Waals surface area contributed by atoms with Gasteiger partial charge in [-0.05, 0) is 23.8 Å². The van der Waals surface area contributed by atoms with Gasteiger partial charge in [0.15, 0.2) is 11.5 Å². The van der Waals surface area contributed by atoms with Crippen LogP contribution in [-0.2, 0) is 19.5 Å². The van der Waals surface area contributed by atoms with Gasteiger partial charge in [0.05, 0.1) is 20.8 Å². The molecule has 1 unspecified atom stereocenters. The number of thiazole rings is 1. The van der Waals surface area contributed by atoms with Gasteiger partial charge in [-0.15, -0.1) is 11.3 Å². The van der Waals surface area contributed by atoms with Crippen LogP contribution in [0.25, 0.3) is 10.6 Å². The number of methoxy groups -OCH3 is 2. The molecule has 2 aromatic carbocycles. The Morgan fingerprint density at radius 1 is 1.04 bits per heavy atom. The Morgan fingerprint density at radius 2 is 1.85 bits per heavy atom. The quantitative estimate of drug-likeness (QED) is 0.753. The second kappa shape index (κ2) is 7.48. The Balaban J connectivity index is 1.49. The van der Waals surface area contributed by atoms with Gasteiger partial charge in [-0.1, -0.05) is 24.3 Å². The normalized spacial score (nSPS) is 16.2. The van der Waals surface area contributed by atoms with E-state index in [0.29, 0.717) is 0 Å². The summed E-state index contributed by atoms with van der Waals surface area (Å²) in [5.74, 6) is 1.48. The minimum absolute atomic E-state index is 0.736. The molecule has 1 atom stereocenters. The SMILES string of the molecule is COc1ccc(-c2nc(C[NH+]3CCc4ccccc4C3)cs2)cc1OC. The van der Waals surface area contributed by atoms with Gasteiger partial charge in [0.25, 0.3) is 0 Å². The first-order chi connectivity index (χ1) is 12.8. The van der Waals surface area contributed by atoms with Gasteiger partial charge in [0, 0.05) is 22.9 Å². The lowest BCUT2D eigenvalue weighted by atomic mass is 10.00. The van der Waals surface area contributed by atoms with Crippen molar-refractivity contribution in [1.29, 1.82) is 0 Å². The number of aromatic nitrogens is 1. The molecule has 134 valence electrons. The molecule has 4 nitrogen and oxygen atoms in total. The molecule has 0 aliphatic carbocycles. The summed E-state index contributed by atoms with van der Waals surface area (Å²) in [7, 11) is 3.31. The predicted molar refractivity (Wildman–Crippen MR) is 104 cm³/mol. The Bertz CT molecular complexity index is 907. The van der Waals surface area contributed by atoms with Crippen LogP contribution < -0.4 is 14.4 Å². The molecule has 0 spiro atoms. The molecule has 1 aromatic heterocycles. The summed E-state index contributed by atoms with van der Waals surface area (Å²) in [4.78, 5) is 6.44. The van der Waals surface area contributed by atoms with Crippen molar-refractivity contribution in [2.75, 3.05) is 20.8 Å². The molecule has 4 rings (SSSR count). The van der Waals surface area contributed by atoms with Crippen LogP contribution in [0.4, 0.5) is 0 Å². The largest absolute Gasteiger partial charge is 0.493 e. The first-order valence-corrected chi connectivity index (χ1v) is 9.72. The molecule has 0 saturated carbocycles. The third-order valence-electron chi connectivity index (χ3n) is 4.92. The Hall–Kier alpha value is -2.37. The number of nitrogens with one attached hydrogen (secondary N) is 1. The fourth-order valence-electron chi connectivity index (χ4n) is 3.54. The zero-order chi connectivity index (χ0) is 17.9. The molecule has 0 amide bonds. The molecule has 0 fully saturated rings. The van der Waals surface area contributed by atoms with Crippen LogP contribution in [0, 0.1) is 0 Å². The maximum absolute atomic E-state index is 5.41. The van der Waals surface area contributed by atoms with E-state index >= 15 is 0 Å². The lowest BCUT2D eigenvalue weighted by molar-refractivity contribution is -0.929. The average molecular weight is 367 g/mol. The fourth-order valence-corrected chi connectivity index (χ4v) is 4.36. The maximum Gasteiger partial charge on any atom is 0.161 e. The van der Waals surface area contributed by atoms with E-state index < -0.39 is 0 Å². The van der Waals surface area contributed by atoms with E-state index in [9.17, 15) is 0 Å². The fraction of sp³-hybridized carbons (Fsp3) is 0.286. The Kier molecular flexibility index (Phi) is 4.91. The number of hydrogen-bond donors (Lipinski definition) is 1. The van der Waals surface area contributed by atoms with Gasteiger partial charge in [-0.2, -0.15) is 0 Å². The zero-order valence-corrected chi connectivity index (χ0v) is 15.9. The van der Waals surface area contributed by atoms with Crippen LogP contribution >= 0.6 is 11.3 Å². The molecule has 5 heteroatoms. The van der Waals surface area contributed by atoms with Crippen LogP contribution in [0.5, 0.6) is 11.5 Å². The molecule has 1 aliphatic heterocycles. The number of nitrogens with zero attached hydrogens (tertiary/aromatic N) is 1. The molecule has 1 N–H and O–H groups in total. The van der Waals surface area contributed by atoms with Crippen LogP contribution in [0.1, 0.15) is 16.8 Å². The molecule has 2 heterocycles. The van der Waals surface area contributed by atoms with Crippen LogP contribution in [0.15, 0.2) is 47.8 Å². The highest BCUT2D eigenvalue weighted by atomic mass is 32.1. The van der Waals surface area contributed by atoms with Crippen molar-refractivity contribution < 1.29 is 14.4 Å². The number of ether oxygens (including phenoxy) is 2. The third kappa shape index (κ3) is 3.45. The number of hydrogen-bond acceptors (Lipinski definition) is 4. The summed E-state index contributed by atoms with van der Waals surface area (Å²) in [6, 6.07) is 14.7. The first kappa shape index (κ1) is 17.1. The number of benzene rings is 2. The predicted octanol–water partition coefficient (Wildman–Crippen LogP) is 2.97. The lowest BCUT2D eigenvalue weighted by Gasteiger charge is -2.25. The van der Waals surface area contributed by atoms with E-state index in [1.807, 2.05) is 18.2 Å². The monoisotopic (exact) mass is 367 g/mol. The van der Waals surface area contributed by atoms with Crippen molar-refractivity contribution in [2.24, 2.45) is 0 Å². The average Bonchev–Trinajstić information content (AvgIpc) is 3.15. The van der Waals surface area contributed by atoms with Gasteiger partial charge < -0.3 is 14.4 Å². The third-order valence-corrected chi connectivity index (χ3v) is 5.86. The number of fused-ring (bicyclic) bond motifs is 1. The van der Waals surface area contributed by atoms with Crippen molar-refractivity contribution in [1.82, 2.24) is 4.98 Å². The maximum atomic E-state index is 5.41. The van der Waals surface area contributed by atoms with E-state index in [-0.39, 0.29) is 0 Å². The molecule has 1 aliphatic rings. The highest BCUT2D eigenvalue weighted by molar-refractivity contribution is 7.13. The number of quaternary nitrogens is 1. The molecular formula is C21H23N2O2S+. The zero-order valence-electron chi connectivity index (χ0n) is 15.1. The second-order valence-corrected chi connectivity index (χ2v) is 7.44. The minimum atomic E-state index is 0.736. The second-order valence-electron chi connectivity index (χ2n) is 6.59. The number of rotatable bonds is 5. The highest BCUT2D eigenvalue weighted by Crippen LogP contribution is 2.33. The molecule has 0 bridgehead atoms. The topological polar surface area (TPSA) is 35.8 Å². The van der Waals surface area contributed by atoms with Gasteiger partial charge in [-0.25, -0.2) is 4.98 Å². The lowest BCUT2D eigenvalue weighted by Crippen LogP contribution is -3.10. The van der Waals surface area contributed by atoms with Gasteiger partial charge in [0.2, 0.25) is 0 Å². The highest BCUT2D eigenvalue weighted by Gasteiger charge is 2.20. The van der Waals surface area contributed by atoms with Crippen molar-refractivity contribution in [3.05, 3.63) is 64.7 Å². The summed E-state index contributed by atoms with van der Waals surface area (Å²) >= 11 is 1.69. The van der Waals surface area contributed by atoms with Gasteiger partial charge in [-0.3, -0.25) is 0 Å². The van der Waals surface area contributed by atoms with Crippen molar-refractivity contribution in [2.45, 2.75) is 19.5 Å². The van der Waals surface area contributed by atoms with Crippen LogP contribution in [0.3, 0.4) is 0 Å². The van der Waals surface area contributed by atoms with E-state index in [0.717, 1.165) is 47.3 Å². The molecule has 0 radical (unpaired) electrons. The molecular weight excluding hydrogens is 344 g/mol. The molecule has 0 saturated heterocycles. The Labute approximate surface area is 158 Å². The van der Waals surface area contributed by atoms with E-state index in [4.69, 9.17) is 14.5 Å². The van der Waals surface area contributed by atoms with Crippen molar-refractivity contribution >= 4 is 11.3 Å². The first-order valence-electron chi connectivity index (χ1n) is 8.84. The summed E-state index contributed by atoms with van der Waals surface area (Å²) in [5.41, 5.74) is 5.21. The standard InChI is InChI=1S/C21H22N2O2S/c1-24-19-8-7-16(11-20(19)25-2)21-22-18(14-26-21)13-23-10-9-15-5-3-4-6-17(15)12-23/h3-8,11,14H,9-10,12-13H2,1-2H3/p+1.